The molecule has 4 nitrogen and oxygen atoms in total. The molecule has 0 amide bonds. The summed E-state index contributed by atoms with van der Waals surface area (Å²) in [6, 6.07) is 0. The zero-order valence-corrected chi connectivity index (χ0v) is 6.41. The van der Waals surface area contributed by atoms with Crippen LogP contribution in [0.1, 0.15) is 0 Å². The molecule has 0 spiro atoms. The number of halogens is 1. The molecular formula is C4H5ClN2O2S. The van der Waals surface area contributed by atoms with Crippen LogP contribution in [0.15, 0.2) is 16.6 Å². The highest BCUT2D eigenvalue weighted by molar-refractivity contribution is 8.00. The number of aliphatic carboxylic acids is 1. The van der Waals surface area contributed by atoms with Gasteiger partial charge in [0.1, 0.15) is 0 Å². The third-order valence-corrected chi connectivity index (χ3v) is 1.20. The highest BCUT2D eigenvalue weighted by atomic mass is 35.5. The molecule has 0 fully saturated rings. The highest BCUT2D eigenvalue weighted by Gasteiger charge is 2.06. The van der Waals surface area contributed by atoms with Gasteiger partial charge in [-0.2, -0.15) is 5.10 Å². The first kappa shape index (κ1) is 9.32. The molecule has 0 saturated carbocycles. The van der Waals surface area contributed by atoms with Gasteiger partial charge in [-0.15, -0.1) is 12.4 Å². The minimum Gasteiger partial charge on any atom is -0.476 e. The predicted octanol–water partition coefficient (Wildman–Crippen LogP) is 0.614. The van der Waals surface area contributed by atoms with E-state index in [4.69, 9.17) is 5.11 Å². The largest absolute Gasteiger partial charge is 0.476 e. The number of nitrogens with one attached hydrogen (secondary N) is 1. The van der Waals surface area contributed by atoms with Gasteiger partial charge in [0.25, 0.3) is 0 Å². The lowest BCUT2D eigenvalue weighted by Gasteiger charge is -1.99. The van der Waals surface area contributed by atoms with Crippen molar-refractivity contribution >= 4 is 36.0 Å². The molecule has 0 unspecified atom stereocenters. The molecule has 10 heavy (non-hydrogen) atoms. The van der Waals surface area contributed by atoms with E-state index in [0.29, 0.717) is 0 Å². The fraction of sp³-hybridized carbons (Fsp3) is 0. The number of hydrogen-bond donors (Lipinski definition) is 2. The van der Waals surface area contributed by atoms with E-state index in [2.05, 4.69) is 9.93 Å². The van der Waals surface area contributed by atoms with Gasteiger partial charge >= 0.3 is 5.97 Å². The minimum atomic E-state index is -1.01. The van der Waals surface area contributed by atoms with Crippen molar-refractivity contribution in [3.05, 3.63) is 11.5 Å². The number of nitrogens with zero attached hydrogens (tertiary/aromatic N) is 1. The second-order valence-corrected chi connectivity index (χ2v) is 2.00. The van der Waals surface area contributed by atoms with E-state index in [9.17, 15) is 4.79 Å². The Morgan fingerprint density at radius 3 is 2.80 bits per heavy atom. The molecule has 6 heteroatoms. The molecule has 0 aromatic rings. The Labute approximate surface area is 67.9 Å². The normalized spacial score (nSPS) is 14.6. The molecule has 0 atom stereocenters. The molecule has 0 aliphatic carbocycles. The van der Waals surface area contributed by atoms with E-state index in [1.54, 1.807) is 5.41 Å². The number of carboxylic acids is 1. The van der Waals surface area contributed by atoms with E-state index >= 15 is 0 Å². The quantitative estimate of drug-likeness (QED) is 0.581. The fourth-order valence-electron chi connectivity index (χ4n) is 0.361. The fourth-order valence-corrected chi connectivity index (χ4v) is 0.770. The van der Waals surface area contributed by atoms with Crippen LogP contribution in [0.3, 0.4) is 0 Å². The van der Waals surface area contributed by atoms with E-state index in [-0.39, 0.29) is 18.1 Å². The van der Waals surface area contributed by atoms with Crippen LogP contribution in [0.5, 0.6) is 0 Å². The summed E-state index contributed by atoms with van der Waals surface area (Å²) >= 11 is 1.23. The van der Waals surface area contributed by atoms with Crippen LogP contribution in [0, 0.1) is 0 Å². The average molecular weight is 181 g/mol. The molecule has 0 aromatic carbocycles. The lowest BCUT2D eigenvalue weighted by atomic mass is 10.4. The smallest absolute Gasteiger partial charge is 0.356 e. The summed E-state index contributed by atoms with van der Waals surface area (Å²) in [6.45, 7) is 0. The van der Waals surface area contributed by atoms with Gasteiger partial charge in [0.05, 0.1) is 0 Å². The van der Waals surface area contributed by atoms with Gasteiger partial charge < -0.3 is 5.11 Å². The van der Waals surface area contributed by atoms with Crippen LogP contribution in [-0.4, -0.2) is 16.8 Å². The molecule has 1 aliphatic heterocycles. The first-order chi connectivity index (χ1) is 4.30. The monoisotopic (exact) mass is 180 g/mol. The van der Waals surface area contributed by atoms with Crippen molar-refractivity contribution in [1.82, 2.24) is 4.83 Å². The second-order valence-electron chi connectivity index (χ2n) is 1.31. The van der Waals surface area contributed by atoms with Gasteiger partial charge in [0.15, 0.2) is 5.71 Å². The van der Waals surface area contributed by atoms with E-state index < -0.39 is 5.97 Å². The maximum absolute atomic E-state index is 10.1. The average Bonchev–Trinajstić information content (AvgIpc) is 1.90. The van der Waals surface area contributed by atoms with Crippen LogP contribution < -0.4 is 4.83 Å². The summed E-state index contributed by atoms with van der Waals surface area (Å²) in [5.41, 5.74) is 0.0359. The lowest BCUT2D eigenvalue weighted by Crippen LogP contribution is -2.14. The van der Waals surface area contributed by atoms with Gasteiger partial charge in [-0.25, -0.2) is 9.63 Å². The van der Waals surface area contributed by atoms with Crippen LogP contribution in [0.4, 0.5) is 0 Å². The van der Waals surface area contributed by atoms with Crippen LogP contribution in [-0.2, 0) is 4.79 Å². The Kier molecular flexibility index (Phi) is 3.90. The van der Waals surface area contributed by atoms with Gasteiger partial charge in [-0.3, -0.25) is 0 Å². The van der Waals surface area contributed by atoms with Gasteiger partial charge in [-0.1, -0.05) is 0 Å². The summed E-state index contributed by atoms with van der Waals surface area (Å²) in [4.78, 5) is 12.6. The molecule has 0 saturated heterocycles. The molecular weight excluding hydrogens is 176 g/mol. The summed E-state index contributed by atoms with van der Waals surface area (Å²) in [6.07, 6.45) is 1.43. The highest BCUT2D eigenvalue weighted by Crippen LogP contribution is 2.01. The molecule has 2 N–H and O–H groups in total. The number of hydrazone groups is 1. The van der Waals surface area contributed by atoms with Crippen molar-refractivity contribution in [3.63, 3.8) is 0 Å². The number of rotatable bonds is 1. The van der Waals surface area contributed by atoms with Crippen LogP contribution >= 0.6 is 24.4 Å². The molecule has 0 aromatic heterocycles. The summed E-state index contributed by atoms with van der Waals surface area (Å²) in [5, 5.41) is 13.4. The van der Waals surface area contributed by atoms with Crippen molar-refractivity contribution in [2.45, 2.75) is 0 Å². The first-order valence-corrected chi connectivity index (χ1v) is 3.07. The van der Waals surface area contributed by atoms with Crippen molar-refractivity contribution in [2.24, 2.45) is 5.10 Å². The predicted molar refractivity (Wildman–Crippen MR) is 42.2 cm³/mol. The molecule has 0 radical (unpaired) electrons. The van der Waals surface area contributed by atoms with E-state index in [1.165, 1.54) is 18.0 Å². The summed E-state index contributed by atoms with van der Waals surface area (Å²) in [5.74, 6) is -1.01. The molecule has 0 bridgehead atoms. The van der Waals surface area contributed by atoms with E-state index in [0.717, 1.165) is 0 Å². The topological polar surface area (TPSA) is 61.7 Å². The van der Waals surface area contributed by atoms with E-state index in [1.807, 2.05) is 0 Å². The number of carbonyl (C=O) groups is 1. The van der Waals surface area contributed by atoms with Crippen LogP contribution in [0.25, 0.3) is 0 Å². The maximum atomic E-state index is 10.1. The molecule has 1 aliphatic rings. The van der Waals surface area contributed by atoms with Crippen molar-refractivity contribution in [1.29, 1.82) is 0 Å². The molecule has 1 rings (SSSR count). The standard InChI is InChI=1S/C4H4N2O2S.ClH/c7-4(8)3-1-2-9-6-5-3;/h1-2,6H,(H,7,8);1H. The van der Waals surface area contributed by atoms with Gasteiger partial charge in [0.2, 0.25) is 0 Å². The maximum Gasteiger partial charge on any atom is 0.356 e. The third kappa shape index (κ3) is 2.28. The second kappa shape index (κ2) is 4.19. The van der Waals surface area contributed by atoms with Crippen molar-refractivity contribution in [2.75, 3.05) is 0 Å². The van der Waals surface area contributed by atoms with Crippen molar-refractivity contribution < 1.29 is 9.90 Å². The zero-order chi connectivity index (χ0) is 6.69. The zero-order valence-electron chi connectivity index (χ0n) is 4.77. The number of hydrogen-bond acceptors (Lipinski definition) is 4. The Bertz CT molecular complexity index is 192. The van der Waals surface area contributed by atoms with Crippen molar-refractivity contribution in [3.8, 4) is 0 Å². The van der Waals surface area contributed by atoms with Crippen LogP contribution in [0.2, 0.25) is 0 Å². The summed E-state index contributed by atoms with van der Waals surface area (Å²) in [7, 11) is 0. The Morgan fingerprint density at radius 2 is 2.50 bits per heavy atom. The van der Waals surface area contributed by atoms with Gasteiger partial charge in [-0.05, 0) is 23.4 Å². The molecule has 56 valence electrons. The Morgan fingerprint density at radius 1 is 1.80 bits per heavy atom. The summed E-state index contributed by atoms with van der Waals surface area (Å²) < 4.78 is 0. The number of carboxylic acid groups (broad SMARTS) is 1. The Balaban J connectivity index is 0.000000810. The van der Waals surface area contributed by atoms with Gasteiger partial charge in [0, 0.05) is 0 Å². The lowest BCUT2D eigenvalue weighted by molar-refractivity contribution is -0.129. The SMILES string of the molecule is Cl.O=C(O)C1=NNSC=C1. The third-order valence-electron chi connectivity index (χ3n) is 0.732. The first-order valence-electron chi connectivity index (χ1n) is 2.19. The minimum absolute atomic E-state index is 0. The Hall–Kier alpha value is -0.680. The molecule has 1 heterocycles.